The minimum absolute atomic E-state index is 0.219. The second-order valence-corrected chi connectivity index (χ2v) is 9.32. The van der Waals surface area contributed by atoms with E-state index >= 15 is 0 Å². The van der Waals surface area contributed by atoms with Gasteiger partial charge in [0, 0.05) is 75.8 Å². The van der Waals surface area contributed by atoms with E-state index in [4.69, 9.17) is 0 Å². The zero-order valence-corrected chi connectivity index (χ0v) is 19.7. The second kappa shape index (κ2) is 8.07. The summed E-state index contributed by atoms with van der Waals surface area (Å²) in [5.74, 6) is 0.276. The minimum Gasteiger partial charge on any atom is -0.368 e. The van der Waals surface area contributed by atoms with Gasteiger partial charge < -0.3 is 19.9 Å². The summed E-state index contributed by atoms with van der Waals surface area (Å²) in [6.07, 6.45) is 5.72. The SMILES string of the molecule is Cc1cn2cc(NC(=O)c3ccc(N4CC(N5CCNCC5)C4)c4cn(C)nc34)nc2c(C)n1. The highest BCUT2D eigenvalue weighted by atomic mass is 16.1. The Hall–Kier alpha value is -3.50. The predicted molar refractivity (Wildman–Crippen MR) is 132 cm³/mol. The zero-order chi connectivity index (χ0) is 23.4. The van der Waals surface area contributed by atoms with Gasteiger partial charge in [-0.1, -0.05) is 0 Å². The van der Waals surface area contributed by atoms with Gasteiger partial charge in [0.2, 0.25) is 0 Å². The van der Waals surface area contributed by atoms with Crippen molar-refractivity contribution in [2.75, 3.05) is 49.5 Å². The Morgan fingerprint density at radius 3 is 2.68 bits per heavy atom. The van der Waals surface area contributed by atoms with Crippen molar-refractivity contribution in [1.29, 1.82) is 0 Å². The fourth-order valence-electron chi connectivity index (χ4n) is 5.14. The lowest BCUT2D eigenvalue weighted by Crippen LogP contribution is -2.62. The van der Waals surface area contributed by atoms with Gasteiger partial charge in [0.05, 0.1) is 23.1 Å². The van der Waals surface area contributed by atoms with Crippen LogP contribution in [0.25, 0.3) is 16.6 Å². The van der Waals surface area contributed by atoms with Gasteiger partial charge in [0.25, 0.3) is 5.91 Å². The number of imidazole rings is 1. The van der Waals surface area contributed by atoms with E-state index in [0.717, 1.165) is 67.4 Å². The number of nitrogens with zero attached hydrogens (tertiary/aromatic N) is 7. The van der Waals surface area contributed by atoms with Gasteiger partial charge in [-0.3, -0.25) is 19.4 Å². The zero-order valence-electron chi connectivity index (χ0n) is 19.7. The minimum atomic E-state index is -0.219. The topological polar surface area (TPSA) is 95.6 Å². The van der Waals surface area contributed by atoms with Crippen LogP contribution < -0.4 is 15.5 Å². The first kappa shape index (κ1) is 21.1. The number of piperazine rings is 1. The molecule has 10 nitrogen and oxygen atoms in total. The molecule has 34 heavy (non-hydrogen) atoms. The van der Waals surface area contributed by atoms with E-state index in [9.17, 15) is 4.79 Å². The molecule has 0 bridgehead atoms. The van der Waals surface area contributed by atoms with Crippen LogP contribution in [0, 0.1) is 13.8 Å². The van der Waals surface area contributed by atoms with Crippen molar-refractivity contribution in [2.24, 2.45) is 7.05 Å². The molecule has 0 spiro atoms. The summed E-state index contributed by atoms with van der Waals surface area (Å²) in [7, 11) is 1.89. The molecule has 2 fully saturated rings. The molecular weight excluding hydrogens is 430 g/mol. The third-order valence-corrected chi connectivity index (χ3v) is 6.85. The smallest absolute Gasteiger partial charge is 0.259 e. The van der Waals surface area contributed by atoms with Crippen molar-refractivity contribution >= 4 is 34.0 Å². The van der Waals surface area contributed by atoms with Crippen LogP contribution in [0.4, 0.5) is 11.5 Å². The summed E-state index contributed by atoms with van der Waals surface area (Å²) >= 11 is 0. The number of aryl methyl sites for hydroxylation is 3. The molecule has 5 heterocycles. The lowest BCUT2D eigenvalue weighted by atomic mass is 10.0. The van der Waals surface area contributed by atoms with Crippen molar-refractivity contribution < 1.29 is 4.79 Å². The van der Waals surface area contributed by atoms with E-state index in [1.807, 2.05) is 56.0 Å². The number of amides is 1. The Bertz CT molecular complexity index is 1390. The molecule has 0 unspecified atom stereocenters. The van der Waals surface area contributed by atoms with Crippen LogP contribution in [0.1, 0.15) is 21.7 Å². The van der Waals surface area contributed by atoms with Crippen LogP contribution >= 0.6 is 0 Å². The highest BCUT2D eigenvalue weighted by molar-refractivity contribution is 6.13. The number of fused-ring (bicyclic) bond motifs is 2. The molecular formula is C24H29N9O. The average molecular weight is 460 g/mol. The van der Waals surface area contributed by atoms with Crippen molar-refractivity contribution in [2.45, 2.75) is 19.9 Å². The van der Waals surface area contributed by atoms with Crippen molar-refractivity contribution in [3.63, 3.8) is 0 Å². The van der Waals surface area contributed by atoms with Gasteiger partial charge in [-0.25, -0.2) is 4.98 Å². The van der Waals surface area contributed by atoms with Gasteiger partial charge in [-0.05, 0) is 26.0 Å². The summed E-state index contributed by atoms with van der Waals surface area (Å²) in [6, 6.07) is 4.52. The van der Waals surface area contributed by atoms with Crippen LogP contribution in [-0.4, -0.2) is 80.3 Å². The molecule has 2 aliphatic heterocycles. The summed E-state index contributed by atoms with van der Waals surface area (Å²) in [5.41, 5.74) is 4.84. The Morgan fingerprint density at radius 1 is 1.09 bits per heavy atom. The maximum absolute atomic E-state index is 13.2. The number of anilines is 2. The lowest BCUT2D eigenvalue weighted by Gasteiger charge is -2.48. The Morgan fingerprint density at radius 2 is 1.88 bits per heavy atom. The molecule has 0 atom stereocenters. The summed E-state index contributed by atoms with van der Waals surface area (Å²) in [6.45, 7) is 10.2. The third kappa shape index (κ3) is 3.59. The quantitative estimate of drug-likeness (QED) is 0.478. The maximum Gasteiger partial charge on any atom is 0.259 e. The molecule has 2 aliphatic rings. The van der Waals surface area contributed by atoms with Gasteiger partial charge in [0.15, 0.2) is 11.5 Å². The number of rotatable bonds is 4. The fraction of sp³-hybridized carbons (Fsp3) is 0.417. The first-order chi connectivity index (χ1) is 16.5. The molecule has 0 aliphatic carbocycles. The maximum atomic E-state index is 13.2. The first-order valence-electron chi connectivity index (χ1n) is 11.8. The summed E-state index contributed by atoms with van der Waals surface area (Å²) in [5, 5.41) is 12.0. The van der Waals surface area contributed by atoms with Gasteiger partial charge in [0.1, 0.15) is 5.52 Å². The standard InChI is InChI=1S/C24H29N9O/c1-15-10-33-14-21(27-23(33)16(2)26-15)28-24(34)18-4-5-20(19-13-30(3)29-22(18)19)32-11-17(12-32)31-8-6-25-7-9-31/h4-5,10,13-14,17,25H,6-9,11-12H2,1-3H3,(H,28,34). The molecule has 6 rings (SSSR count). The number of hydrogen-bond donors (Lipinski definition) is 2. The molecule has 0 radical (unpaired) electrons. The number of nitrogens with one attached hydrogen (secondary N) is 2. The van der Waals surface area contributed by atoms with E-state index in [1.165, 1.54) is 0 Å². The monoisotopic (exact) mass is 459 g/mol. The molecule has 1 aromatic carbocycles. The number of hydrogen-bond acceptors (Lipinski definition) is 7. The van der Waals surface area contributed by atoms with Crippen LogP contribution in [0.5, 0.6) is 0 Å². The van der Waals surface area contributed by atoms with Crippen LogP contribution in [0.2, 0.25) is 0 Å². The molecule has 2 saturated heterocycles. The summed E-state index contributed by atoms with van der Waals surface area (Å²) < 4.78 is 3.67. The number of benzene rings is 1. The van der Waals surface area contributed by atoms with E-state index in [0.29, 0.717) is 22.9 Å². The van der Waals surface area contributed by atoms with Gasteiger partial charge >= 0.3 is 0 Å². The molecule has 3 aromatic heterocycles. The number of carbonyl (C=O) groups excluding carboxylic acids is 1. The van der Waals surface area contributed by atoms with Crippen LogP contribution in [0.3, 0.4) is 0 Å². The van der Waals surface area contributed by atoms with Crippen molar-refractivity contribution in [3.8, 4) is 0 Å². The van der Waals surface area contributed by atoms with E-state index in [1.54, 1.807) is 4.68 Å². The highest BCUT2D eigenvalue weighted by Crippen LogP contribution is 2.33. The Kier molecular flexibility index (Phi) is 5.00. The largest absolute Gasteiger partial charge is 0.368 e. The lowest BCUT2D eigenvalue weighted by molar-refractivity contribution is 0.102. The summed E-state index contributed by atoms with van der Waals surface area (Å²) in [4.78, 5) is 27.2. The average Bonchev–Trinajstić information content (AvgIpc) is 3.36. The fourth-order valence-corrected chi connectivity index (χ4v) is 5.14. The number of carbonyl (C=O) groups is 1. The Balaban J connectivity index is 1.25. The Labute approximate surface area is 197 Å². The normalized spacial score (nSPS) is 17.4. The van der Waals surface area contributed by atoms with Crippen molar-refractivity contribution in [3.05, 3.63) is 47.7 Å². The molecule has 2 N–H and O–H groups in total. The van der Waals surface area contributed by atoms with E-state index in [2.05, 4.69) is 35.5 Å². The van der Waals surface area contributed by atoms with Gasteiger partial charge in [-0.2, -0.15) is 5.10 Å². The van der Waals surface area contributed by atoms with Crippen LogP contribution in [-0.2, 0) is 7.05 Å². The van der Waals surface area contributed by atoms with Crippen LogP contribution in [0.15, 0.2) is 30.7 Å². The highest BCUT2D eigenvalue weighted by Gasteiger charge is 2.33. The molecule has 1 amide bonds. The third-order valence-electron chi connectivity index (χ3n) is 6.85. The molecule has 10 heteroatoms. The molecule has 176 valence electrons. The van der Waals surface area contributed by atoms with Crippen molar-refractivity contribution in [1.82, 2.24) is 34.4 Å². The van der Waals surface area contributed by atoms with Gasteiger partial charge in [-0.15, -0.1) is 0 Å². The second-order valence-electron chi connectivity index (χ2n) is 9.32. The first-order valence-corrected chi connectivity index (χ1v) is 11.8. The van der Waals surface area contributed by atoms with E-state index < -0.39 is 0 Å². The molecule has 0 saturated carbocycles. The molecule has 4 aromatic rings. The van der Waals surface area contributed by atoms with E-state index in [-0.39, 0.29) is 5.91 Å². The number of aromatic nitrogens is 5. The predicted octanol–water partition coefficient (Wildman–Crippen LogP) is 1.58.